The highest BCUT2D eigenvalue weighted by Gasteiger charge is 2.30. The Kier molecular flexibility index (Phi) is 5.85. The Hall–Kier alpha value is -4.00. The molecule has 0 saturated carbocycles. The topological polar surface area (TPSA) is 67.5 Å². The highest BCUT2D eigenvalue weighted by atomic mass is 16.2. The molecule has 168 valence electrons. The Morgan fingerprint density at radius 2 is 1.88 bits per heavy atom. The van der Waals surface area contributed by atoms with Gasteiger partial charge in [0, 0.05) is 49.8 Å². The molecule has 5 rings (SSSR count). The van der Waals surface area contributed by atoms with Crippen molar-refractivity contribution in [3.63, 3.8) is 0 Å². The Bertz CT molecular complexity index is 1190. The molecule has 2 aromatic carbocycles. The van der Waals surface area contributed by atoms with E-state index in [1.807, 2.05) is 30.4 Å². The third-order valence-electron chi connectivity index (χ3n) is 6.27. The van der Waals surface area contributed by atoms with Gasteiger partial charge in [0.15, 0.2) is 0 Å². The Morgan fingerprint density at radius 1 is 1.06 bits per heavy atom. The predicted octanol–water partition coefficient (Wildman–Crippen LogP) is 3.91. The van der Waals surface area contributed by atoms with E-state index in [9.17, 15) is 4.79 Å². The summed E-state index contributed by atoms with van der Waals surface area (Å²) in [6.45, 7) is 8.43. The molecule has 3 aromatic rings. The van der Waals surface area contributed by atoms with Gasteiger partial charge in [0.05, 0.1) is 23.4 Å². The van der Waals surface area contributed by atoms with Gasteiger partial charge in [-0.2, -0.15) is 0 Å². The van der Waals surface area contributed by atoms with Gasteiger partial charge >= 0.3 is 6.03 Å². The molecule has 0 radical (unpaired) electrons. The van der Waals surface area contributed by atoms with Gasteiger partial charge in [0.1, 0.15) is 0 Å². The smallest absolute Gasteiger partial charge is 0.322 e. The van der Waals surface area contributed by atoms with E-state index in [0.717, 1.165) is 48.6 Å². The second-order valence-corrected chi connectivity index (χ2v) is 8.22. The summed E-state index contributed by atoms with van der Waals surface area (Å²) < 4.78 is 0. The molecular weight excluding hydrogens is 412 g/mol. The Balaban J connectivity index is 1.26. The lowest BCUT2D eigenvalue weighted by Crippen LogP contribution is -2.45. The number of hydrogen-bond acceptors (Lipinski definition) is 4. The monoisotopic (exact) mass is 440 g/mol. The fraction of sp³-hybridized carbons (Fsp3) is 0.231. The van der Waals surface area contributed by atoms with Crippen molar-refractivity contribution in [2.75, 3.05) is 42.5 Å². The standard InChI is InChI=1S/C26H28N6O/c1-2-20(30-13-15-31(16-14-30)21-7-4-3-5-8-21)9-6-10-23-18-27-26(33)32(23)22-11-12-24-25(17-22)29-19-28-24/h2-12,17,19,23H,1,13-16,18H2,(H,27,33)(H,28,29)/b10-6+,20-9+. The van der Waals surface area contributed by atoms with Crippen LogP contribution in [0.3, 0.4) is 0 Å². The van der Waals surface area contributed by atoms with Crippen LogP contribution < -0.4 is 15.1 Å². The predicted molar refractivity (Wildman–Crippen MR) is 133 cm³/mol. The van der Waals surface area contributed by atoms with Crippen molar-refractivity contribution < 1.29 is 4.79 Å². The quantitative estimate of drug-likeness (QED) is 0.571. The number of urea groups is 1. The Morgan fingerprint density at radius 3 is 2.67 bits per heavy atom. The summed E-state index contributed by atoms with van der Waals surface area (Å²) in [7, 11) is 0. The normalized spacial score (nSPS) is 19.5. The molecule has 2 amide bonds. The summed E-state index contributed by atoms with van der Waals surface area (Å²) in [5, 5.41) is 2.95. The van der Waals surface area contributed by atoms with Crippen LogP contribution in [0, 0.1) is 0 Å². The van der Waals surface area contributed by atoms with E-state index in [0.29, 0.717) is 6.54 Å². The zero-order chi connectivity index (χ0) is 22.6. The lowest BCUT2D eigenvalue weighted by molar-refractivity contribution is 0.252. The number of piperazine rings is 1. The molecule has 2 fully saturated rings. The number of hydrogen-bond donors (Lipinski definition) is 2. The van der Waals surface area contributed by atoms with Crippen LogP contribution in [0.5, 0.6) is 0 Å². The van der Waals surface area contributed by atoms with E-state index in [4.69, 9.17) is 0 Å². The van der Waals surface area contributed by atoms with E-state index in [1.165, 1.54) is 5.69 Å². The van der Waals surface area contributed by atoms with Crippen molar-refractivity contribution in [2.24, 2.45) is 0 Å². The van der Waals surface area contributed by atoms with E-state index >= 15 is 0 Å². The third-order valence-corrected chi connectivity index (χ3v) is 6.27. The number of fused-ring (bicyclic) bond motifs is 1. The summed E-state index contributed by atoms with van der Waals surface area (Å²) in [4.78, 5) is 26.4. The molecule has 33 heavy (non-hydrogen) atoms. The van der Waals surface area contributed by atoms with Gasteiger partial charge < -0.3 is 20.1 Å². The second-order valence-electron chi connectivity index (χ2n) is 8.22. The molecule has 0 spiro atoms. The molecule has 1 unspecified atom stereocenters. The van der Waals surface area contributed by atoms with E-state index < -0.39 is 0 Å². The maximum Gasteiger partial charge on any atom is 0.322 e. The number of carbonyl (C=O) groups excluding carboxylic acids is 1. The highest BCUT2D eigenvalue weighted by Crippen LogP contribution is 2.25. The summed E-state index contributed by atoms with van der Waals surface area (Å²) in [5.41, 5.74) is 5.02. The summed E-state index contributed by atoms with van der Waals surface area (Å²) >= 11 is 0. The first kappa shape index (κ1) is 20.9. The first-order valence-electron chi connectivity index (χ1n) is 11.3. The number of rotatable bonds is 6. The van der Waals surface area contributed by atoms with Crippen LogP contribution in [0.15, 0.2) is 91.4 Å². The number of H-pyrrole nitrogens is 1. The number of benzene rings is 2. The number of allylic oxidation sites excluding steroid dienone is 3. The van der Waals surface area contributed by atoms with Gasteiger partial charge in [0.2, 0.25) is 0 Å². The molecule has 0 bridgehead atoms. The summed E-state index contributed by atoms with van der Waals surface area (Å²) in [6, 6.07) is 16.2. The van der Waals surface area contributed by atoms with E-state index in [2.05, 4.69) is 74.1 Å². The van der Waals surface area contributed by atoms with Gasteiger partial charge in [-0.3, -0.25) is 4.90 Å². The number of imidazole rings is 1. The largest absolute Gasteiger partial charge is 0.368 e. The molecule has 7 nitrogen and oxygen atoms in total. The van der Waals surface area contributed by atoms with Crippen LogP contribution in [-0.4, -0.2) is 59.7 Å². The fourth-order valence-electron chi connectivity index (χ4n) is 4.50. The Labute approximate surface area is 193 Å². The minimum absolute atomic E-state index is 0.0601. The minimum atomic E-state index is -0.0894. The van der Waals surface area contributed by atoms with Crippen molar-refractivity contribution in [1.82, 2.24) is 20.2 Å². The molecule has 0 aliphatic carbocycles. The van der Waals surface area contributed by atoms with Gasteiger partial charge in [-0.1, -0.05) is 36.9 Å². The first-order chi connectivity index (χ1) is 16.2. The molecule has 1 aromatic heterocycles. The van der Waals surface area contributed by atoms with Gasteiger partial charge in [-0.05, 0) is 42.5 Å². The first-order valence-corrected chi connectivity index (χ1v) is 11.3. The molecule has 3 heterocycles. The van der Waals surface area contributed by atoms with Crippen LogP contribution in [0.25, 0.3) is 11.0 Å². The highest BCUT2D eigenvalue weighted by molar-refractivity contribution is 5.97. The average molecular weight is 441 g/mol. The number of anilines is 2. The maximum absolute atomic E-state index is 12.5. The van der Waals surface area contributed by atoms with Crippen molar-refractivity contribution in [1.29, 1.82) is 0 Å². The van der Waals surface area contributed by atoms with Crippen LogP contribution in [0.1, 0.15) is 0 Å². The number of nitrogens with one attached hydrogen (secondary N) is 2. The number of nitrogens with zero attached hydrogens (tertiary/aromatic N) is 4. The van der Waals surface area contributed by atoms with Crippen molar-refractivity contribution in [2.45, 2.75) is 6.04 Å². The van der Waals surface area contributed by atoms with Gasteiger partial charge in [0.25, 0.3) is 0 Å². The minimum Gasteiger partial charge on any atom is -0.368 e. The molecule has 1 atom stereocenters. The van der Waals surface area contributed by atoms with Gasteiger partial charge in [-0.25, -0.2) is 9.78 Å². The van der Waals surface area contributed by atoms with Gasteiger partial charge in [-0.15, -0.1) is 0 Å². The zero-order valence-electron chi connectivity index (χ0n) is 18.5. The van der Waals surface area contributed by atoms with E-state index in [-0.39, 0.29) is 12.1 Å². The number of carbonyl (C=O) groups is 1. The second kappa shape index (κ2) is 9.24. The maximum atomic E-state index is 12.5. The summed E-state index contributed by atoms with van der Waals surface area (Å²) in [6.07, 6.45) is 9.76. The fourth-order valence-corrected chi connectivity index (χ4v) is 4.50. The van der Waals surface area contributed by atoms with Crippen LogP contribution in [-0.2, 0) is 0 Å². The molecule has 2 saturated heterocycles. The molecular formula is C26H28N6O. The number of amides is 2. The van der Waals surface area contributed by atoms with Crippen molar-refractivity contribution >= 4 is 28.4 Å². The molecule has 2 N–H and O–H groups in total. The third kappa shape index (κ3) is 4.35. The molecule has 2 aliphatic heterocycles. The van der Waals surface area contributed by atoms with E-state index in [1.54, 1.807) is 11.2 Å². The van der Waals surface area contributed by atoms with Crippen LogP contribution in [0.2, 0.25) is 0 Å². The number of aromatic amines is 1. The van der Waals surface area contributed by atoms with Crippen LogP contribution >= 0.6 is 0 Å². The van der Waals surface area contributed by atoms with Crippen molar-refractivity contribution in [3.8, 4) is 0 Å². The zero-order valence-corrected chi connectivity index (χ0v) is 18.5. The van der Waals surface area contributed by atoms with Crippen LogP contribution in [0.4, 0.5) is 16.2 Å². The number of aromatic nitrogens is 2. The molecule has 2 aliphatic rings. The lowest BCUT2D eigenvalue weighted by atomic mass is 10.2. The average Bonchev–Trinajstić information content (AvgIpc) is 3.48. The molecule has 7 heteroatoms. The number of para-hydroxylation sites is 1. The SMILES string of the molecule is C=C/C(=C\C=C\C1CNC(=O)N1c1ccc2nc[nH]c2c1)N1CCN(c2ccccc2)CC1. The summed E-state index contributed by atoms with van der Waals surface area (Å²) in [5.74, 6) is 0. The lowest BCUT2D eigenvalue weighted by Gasteiger charge is -2.37. The van der Waals surface area contributed by atoms with Crippen molar-refractivity contribution in [3.05, 3.63) is 91.4 Å².